The number of aromatic nitrogens is 1. The molecule has 1 amide bonds. The Bertz CT molecular complexity index is 644. The second-order valence-electron chi connectivity index (χ2n) is 4.32. The summed E-state index contributed by atoms with van der Waals surface area (Å²) >= 11 is 12.0. The second-order valence-corrected chi connectivity index (χ2v) is 5.11. The number of halogens is 2. The summed E-state index contributed by atoms with van der Waals surface area (Å²) in [7, 11) is 3.65. The molecule has 1 N–H and O–H groups in total. The predicted octanol–water partition coefficient (Wildman–Crippen LogP) is 3.71. The summed E-state index contributed by atoms with van der Waals surface area (Å²) in [5.41, 5.74) is 0.936. The van der Waals surface area contributed by atoms with E-state index >= 15 is 0 Å². The molecule has 0 fully saturated rings. The highest BCUT2D eigenvalue weighted by molar-refractivity contribution is 6.44. The van der Waals surface area contributed by atoms with E-state index in [0.29, 0.717) is 27.1 Å². The normalized spacial score (nSPS) is 10.2. The average Bonchev–Trinajstić information content (AvgIpc) is 2.43. The van der Waals surface area contributed by atoms with E-state index in [1.807, 2.05) is 14.1 Å². The van der Waals surface area contributed by atoms with Gasteiger partial charge < -0.3 is 10.2 Å². The molecule has 0 unspecified atom stereocenters. The number of hydrogen-bond acceptors (Lipinski definition) is 3. The van der Waals surface area contributed by atoms with Crippen molar-refractivity contribution in [1.82, 2.24) is 4.98 Å². The van der Waals surface area contributed by atoms with Gasteiger partial charge in [0, 0.05) is 20.3 Å². The summed E-state index contributed by atoms with van der Waals surface area (Å²) in [5, 5.41) is 3.45. The first-order valence-corrected chi connectivity index (χ1v) is 6.64. The van der Waals surface area contributed by atoms with Crippen molar-refractivity contribution in [2.24, 2.45) is 0 Å². The van der Waals surface area contributed by atoms with E-state index in [9.17, 15) is 4.79 Å². The van der Waals surface area contributed by atoms with Crippen LogP contribution in [0.15, 0.2) is 36.5 Å². The van der Waals surface area contributed by atoms with Gasteiger partial charge >= 0.3 is 0 Å². The van der Waals surface area contributed by atoms with E-state index < -0.39 is 0 Å². The molecular weight excluding hydrogens is 297 g/mol. The predicted molar refractivity (Wildman–Crippen MR) is 83.0 cm³/mol. The summed E-state index contributed by atoms with van der Waals surface area (Å²) in [6.07, 6.45) is 1.64. The molecule has 1 aromatic carbocycles. The van der Waals surface area contributed by atoms with Crippen molar-refractivity contribution in [1.29, 1.82) is 0 Å². The van der Waals surface area contributed by atoms with Gasteiger partial charge in [0.15, 0.2) is 0 Å². The Morgan fingerprint density at radius 2 is 1.95 bits per heavy atom. The first kappa shape index (κ1) is 14.6. The molecule has 0 aliphatic heterocycles. The molecule has 0 bridgehead atoms. The third kappa shape index (κ3) is 3.03. The maximum atomic E-state index is 12.3. The number of nitrogens with zero attached hydrogens (tertiary/aromatic N) is 2. The van der Waals surface area contributed by atoms with E-state index in [2.05, 4.69) is 10.3 Å². The number of amides is 1. The van der Waals surface area contributed by atoms with Gasteiger partial charge in [-0.3, -0.25) is 4.79 Å². The molecule has 2 aromatic rings. The molecule has 2 rings (SSSR count). The fourth-order valence-electron chi connectivity index (χ4n) is 1.72. The van der Waals surface area contributed by atoms with E-state index in [1.165, 1.54) is 0 Å². The Morgan fingerprint density at radius 1 is 1.20 bits per heavy atom. The Hall–Kier alpha value is -1.78. The molecule has 104 valence electrons. The van der Waals surface area contributed by atoms with Crippen molar-refractivity contribution < 1.29 is 4.79 Å². The molecule has 0 aliphatic carbocycles. The van der Waals surface area contributed by atoms with Gasteiger partial charge in [0.2, 0.25) is 0 Å². The number of hydrogen-bond donors (Lipinski definition) is 1. The van der Waals surface area contributed by atoms with Crippen molar-refractivity contribution in [3.63, 3.8) is 0 Å². The Morgan fingerprint density at radius 3 is 2.65 bits per heavy atom. The summed E-state index contributed by atoms with van der Waals surface area (Å²) in [6.45, 7) is 0. The zero-order chi connectivity index (χ0) is 14.7. The third-order valence-electron chi connectivity index (χ3n) is 2.65. The lowest BCUT2D eigenvalue weighted by Crippen LogP contribution is -2.19. The lowest BCUT2D eigenvalue weighted by atomic mass is 10.2. The first-order valence-electron chi connectivity index (χ1n) is 5.88. The highest BCUT2D eigenvalue weighted by Gasteiger charge is 2.15. The van der Waals surface area contributed by atoms with Crippen LogP contribution in [0.4, 0.5) is 11.5 Å². The minimum Gasteiger partial charge on any atom is -0.362 e. The van der Waals surface area contributed by atoms with Gasteiger partial charge in [-0.05, 0) is 24.3 Å². The van der Waals surface area contributed by atoms with Crippen molar-refractivity contribution in [3.05, 3.63) is 52.1 Å². The van der Waals surface area contributed by atoms with Crippen molar-refractivity contribution >= 4 is 40.6 Å². The third-order valence-corrected chi connectivity index (χ3v) is 3.47. The SMILES string of the molecule is CN(C)c1ncccc1C(=O)Nc1cccc(Cl)c1Cl. The van der Waals surface area contributed by atoms with Gasteiger partial charge in [-0.2, -0.15) is 0 Å². The summed E-state index contributed by atoms with van der Waals surface area (Å²) in [4.78, 5) is 18.3. The van der Waals surface area contributed by atoms with Gasteiger partial charge in [0.1, 0.15) is 5.82 Å². The molecular formula is C14H13Cl2N3O. The van der Waals surface area contributed by atoms with Crippen LogP contribution < -0.4 is 10.2 Å². The van der Waals surface area contributed by atoms with Crippen LogP contribution in [-0.4, -0.2) is 25.0 Å². The zero-order valence-corrected chi connectivity index (χ0v) is 12.5. The first-order chi connectivity index (χ1) is 9.50. The van der Waals surface area contributed by atoms with Gasteiger partial charge in [0.25, 0.3) is 5.91 Å². The standard InChI is InChI=1S/C14H13Cl2N3O/c1-19(2)13-9(5-4-8-17-13)14(20)18-11-7-3-6-10(15)12(11)16/h3-8H,1-2H3,(H,18,20). The molecule has 0 radical (unpaired) electrons. The van der Waals surface area contributed by atoms with E-state index in [0.717, 1.165) is 0 Å². The monoisotopic (exact) mass is 309 g/mol. The number of nitrogens with one attached hydrogen (secondary N) is 1. The summed E-state index contributed by atoms with van der Waals surface area (Å²) in [6, 6.07) is 8.49. The Balaban J connectivity index is 2.31. The number of anilines is 2. The van der Waals surface area contributed by atoms with Crippen LogP contribution in [-0.2, 0) is 0 Å². The van der Waals surface area contributed by atoms with E-state index in [1.54, 1.807) is 41.4 Å². The summed E-state index contributed by atoms with van der Waals surface area (Å²) in [5.74, 6) is 0.300. The van der Waals surface area contributed by atoms with Gasteiger partial charge in [-0.15, -0.1) is 0 Å². The van der Waals surface area contributed by atoms with E-state index in [-0.39, 0.29) is 5.91 Å². The van der Waals surface area contributed by atoms with Crippen LogP contribution in [0.2, 0.25) is 10.0 Å². The lowest BCUT2D eigenvalue weighted by molar-refractivity contribution is 0.102. The molecule has 0 saturated carbocycles. The minimum absolute atomic E-state index is 0.286. The van der Waals surface area contributed by atoms with Crippen LogP contribution in [0.1, 0.15) is 10.4 Å². The minimum atomic E-state index is -0.286. The van der Waals surface area contributed by atoms with Crippen LogP contribution >= 0.6 is 23.2 Å². The molecule has 0 saturated heterocycles. The van der Waals surface area contributed by atoms with Crippen LogP contribution in [0.5, 0.6) is 0 Å². The number of rotatable bonds is 3. The van der Waals surface area contributed by atoms with Crippen LogP contribution in [0.25, 0.3) is 0 Å². The maximum Gasteiger partial charge on any atom is 0.259 e. The highest BCUT2D eigenvalue weighted by atomic mass is 35.5. The van der Waals surface area contributed by atoms with Crippen molar-refractivity contribution in [2.75, 3.05) is 24.3 Å². The number of pyridine rings is 1. The number of benzene rings is 1. The van der Waals surface area contributed by atoms with E-state index in [4.69, 9.17) is 23.2 Å². The van der Waals surface area contributed by atoms with Gasteiger partial charge in [-0.25, -0.2) is 4.98 Å². The average molecular weight is 310 g/mol. The maximum absolute atomic E-state index is 12.3. The molecule has 0 aliphatic rings. The molecule has 20 heavy (non-hydrogen) atoms. The topological polar surface area (TPSA) is 45.2 Å². The van der Waals surface area contributed by atoms with Gasteiger partial charge in [0.05, 0.1) is 21.3 Å². The van der Waals surface area contributed by atoms with Crippen LogP contribution in [0.3, 0.4) is 0 Å². The molecule has 6 heteroatoms. The molecule has 1 aromatic heterocycles. The largest absolute Gasteiger partial charge is 0.362 e. The second kappa shape index (κ2) is 6.11. The molecule has 0 spiro atoms. The summed E-state index contributed by atoms with van der Waals surface area (Å²) < 4.78 is 0. The van der Waals surface area contributed by atoms with Crippen molar-refractivity contribution in [3.8, 4) is 0 Å². The highest BCUT2D eigenvalue weighted by Crippen LogP contribution is 2.30. The quantitative estimate of drug-likeness (QED) is 0.940. The number of carbonyl (C=O) groups is 1. The Kier molecular flexibility index (Phi) is 4.47. The van der Waals surface area contributed by atoms with Crippen molar-refractivity contribution in [2.45, 2.75) is 0 Å². The lowest BCUT2D eigenvalue weighted by Gasteiger charge is -2.15. The Labute approximate surface area is 127 Å². The molecule has 1 heterocycles. The smallest absolute Gasteiger partial charge is 0.259 e. The zero-order valence-electron chi connectivity index (χ0n) is 11.0. The fourth-order valence-corrected chi connectivity index (χ4v) is 2.07. The van der Waals surface area contributed by atoms with Crippen LogP contribution in [0, 0.1) is 0 Å². The fraction of sp³-hybridized carbons (Fsp3) is 0.143. The molecule has 0 atom stereocenters. The molecule has 4 nitrogen and oxygen atoms in total. The number of carbonyl (C=O) groups excluding carboxylic acids is 1. The van der Waals surface area contributed by atoms with Gasteiger partial charge in [-0.1, -0.05) is 29.3 Å².